The summed E-state index contributed by atoms with van der Waals surface area (Å²) in [5.74, 6) is -0.204. The van der Waals surface area contributed by atoms with Crippen LogP contribution in [0, 0.1) is 18.6 Å². The third-order valence-corrected chi connectivity index (χ3v) is 4.09. The van der Waals surface area contributed by atoms with Gasteiger partial charge in [0.05, 0.1) is 0 Å². The van der Waals surface area contributed by atoms with Crippen LogP contribution in [0.3, 0.4) is 0 Å². The highest BCUT2D eigenvalue weighted by molar-refractivity contribution is 7.71. The summed E-state index contributed by atoms with van der Waals surface area (Å²) in [7, 11) is 0. The zero-order chi connectivity index (χ0) is 16.4. The fourth-order valence-electron chi connectivity index (χ4n) is 2.38. The van der Waals surface area contributed by atoms with E-state index in [2.05, 4.69) is 10.3 Å². The fraction of sp³-hybridized carbons (Fsp3) is 0.111. The maximum Gasteiger partial charge on any atom is 0.274 e. The maximum atomic E-state index is 12.6. The molecule has 2 N–H and O–H groups in total. The monoisotopic (exact) mass is 323 g/mol. The van der Waals surface area contributed by atoms with Crippen LogP contribution in [0.4, 0.5) is 5.69 Å². The van der Waals surface area contributed by atoms with Crippen molar-refractivity contribution in [3.05, 3.63) is 76.3 Å². The Hall–Kier alpha value is -2.66. The first kappa shape index (κ1) is 15.2. The lowest BCUT2D eigenvalue weighted by molar-refractivity contribution is 0.102. The lowest BCUT2D eigenvalue weighted by Crippen LogP contribution is -2.16. The highest BCUT2D eigenvalue weighted by Gasteiger charge is 2.14. The van der Waals surface area contributed by atoms with Gasteiger partial charge in [0.1, 0.15) is 5.69 Å². The number of H-pyrrole nitrogens is 1. The van der Waals surface area contributed by atoms with Gasteiger partial charge in [-0.1, -0.05) is 24.3 Å². The molecule has 0 fully saturated rings. The quantitative estimate of drug-likeness (QED) is 0.702. The molecule has 3 rings (SSSR count). The Morgan fingerprint density at radius 2 is 1.83 bits per heavy atom. The summed E-state index contributed by atoms with van der Waals surface area (Å²) in [4.78, 5) is 15.6. The molecule has 0 bridgehead atoms. The molecule has 0 radical (unpaired) electrons. The average molecular weight is 323 g/mol. The van der Waals surface area contributed by atoms with Gasteiger partial charge in [0.15, 0.2) is 4.77 Å². The first-order valence-electron chi connectivity index (χ1n) is 7.31. The molecule has 116 valence electrons. The van der Waals surface area contributed by atoms with Crippen molar-refractivity contribution in [3.8, 4) is 5.69 Å². The summed E-state index contributed by atoms with van der Waals surface area (Å²) < 4.78 is 2.22. The molecule has 0 saturated carbocycles. The van der Waals surface area contributed by atoms with Crippen LogP contribution < -0.4 is 5.32 Å². The van der Waals surface area contributed by atoms with Gasteiger partial charge in [-0.15, -0.1) is 0 Å². The number of imidazole rings is 1. The molecule has 5 heteroatoms. The van der Waals surface area contributed by atoms with Crippen LogP contribution in [0.1, 0.15) is 21.6 Å². The maximum absolute atomic E-state index is 12.6. The smallest absolute Gasteiger partial charge is 0.274 e. The number of carbonyl (C=O) groups excluding carboxylic acids is 1. The molecule has 3 aromatic rings. The Kier molecular flexibility index (Phi) is 4.12. The topological polar surface area (TPSA) is 49.8 Å². The van der Waals surface area contributed by atoms with Gasteiger partial charge in [-0.25, -0.2) is 0 Å². The molecule has 0 aliphatic rings. The largest absolute Gasteiger partial charge is 0.336 e. The van der Waals surface area contributed by atoms with E-state index in [1.165, 1.54) is 5.56 Å². The molecular weight excluding hydrogens is 306 g/mol. The molecule has 0 aliphatic heterocycles. The van der Waals surface area contributed by atoms with Gasteiger partial charge in [-0.3, -0.25) is 9.36 Å². The second-order valence-corrected chi connectivity index (χ2v) is 5.79. The highest BCUT2D eigenvalue weighted by atomic mass is 32.1. The van der Waals surface area contributed by atoms with Gasteiger partial charge < -0.3 is 10.3 Å². The van der Waals surface area contributed by atoms with Crippen molar-refractivity contribution in [2.24, 2.45) is 0 Å². The molecule has 0 spiro atoms. The Morgan fingerprint density at radius 3 is 2.52 bits per heavy atom. The molecular formula is C18H17N3OS. The van der Waals surface area contributed by atoms with E-state index in [1.807, 2.05) is 62.4 Å². The van der Waals surface area contributed by atoms with E-state index in [0.717, 1.165) is 16.9 Å². The predicted molar refractivity (Wildman–Crippen MR) is 94.8 cm³/mol. The van der Waals surface area contributed by atoms with E-state index in [-0.39, 0.29) is 5.91 Å². The second-order valence-electron chi connectivity index (χ2n) is 5.40. The Bertz CT molecular complexity index is 910. The number of carbonyl (C=O) groups is 1. The van der Waals surface area contributed by atoms with Crippen LogP contribution in [0.5, 0.6) is 0 Å². The minimum atomic E-state index is -0.204. The molecule has 0 aliphatic carbocycles. The van der Waals surface area contributed by atoms with Gasteiger partial charge in [0.2, 0.25) is 0 Å². The van der Waals surface area contributed by atoms with Crippen molar-refractivity contribution >= 4 is 23.8 Å². The van der Waals surface area contributed by atoms with E-state index in [0.29, 0.717) is 10.5 Å². The molecule has 1 aromatic heterocycles. The number of hydrogen-bond acceptors (Lipinski definition) is 2. The van der Waals surface area contributed by atoms with E-state index in [1.54, 1.807) is 10.8 Å². The number of rotatable bonds is 3. The minimum Gasteiger partial charge on any atom is -0.336 e. The van der Waals surface area contributed by atoms with Crippen molar-refractivity contribution in [1.82, 2.24) is 9.55 Å². The first-order valence-corrected chi connectivity index (χ1v) is 7.71. The third kappa shape index (κ3) is 3.10. The zero-order valence-electron chi connectivity index (χ0n) is 13.0. The minimum absolute atomic E-state index is 0.204. The van der Waals surface area contributed by atoms with Crippen molar-refractivity contribution in [1.29, 1.82) is 0 Å². The molecule has 1 heterocycles. The lowest BCUT2D eigenvalue weighted by Gasteiger charge is -2.10. The number of hydrogen-bond donors (Lipinski definition) is 2. The zero-order valence-corrected chi connectivity index (χ0v) is 13.8. The molecule has 4 nitrogen and oxygen atoms in total. The van der Waals surface area contributed by atoms with Crippen LogP contribution in [0.15, 0.2) is 54.7 Å². The number of aryl methyl sites for hydroxylation is 2. The number of nitrogens with one attached hydrogen (secondary N) is 2. The standard InChI is InChI=1S/C18H17N3OS/c1-12-8-9-14(10-13(12)2)20-17(22)16-11-19-18(23)21(16)15-6-4-3-5-7-15/h3-11H,1-2H3,(H,19,23)(H,20,22). The van der Waals surface area contributed by atoms with E-state index < -0.39 is 0 Å². The Balaban J connectivity index is 1.95. The van der Waals surface area contributed by atoms with Crippen LogP contribution >= 0.6 is 12.2 Å². The summed E-state index contributed by atoms with van der Waals surface area (Å²) in [5.41, 5.74) is 4.42. The van der Waals surface area contributed by atoms with Crippen molar-refractivity contribution in [2.75, 3.05) is 5.32 Å². The lowest BCUT2D eigenvalue weighted by atomic mass is 10.1. The van der Waals surface area contributed by atoms with Crippen molar-refractivity contribution < 1.29 is 4.79 Å². The van der Waals surface area contributed by atoms with E-state index in [4.69, 9.17) is 12.2 Å². The highest BCUT2D eigenvalue weighted by Crippen LogP contribution is 2.17. The van der Waals surface area contributed by atoms with Crippen molar-refractivity contribution in [2.45, 2.75) is 13.8 Å². The first-order chi connectivity index (χ1) is 11.1. The SMILES string of the molecule is Cc1ccc(NC(=O)c2c[nH]c(=S)n2-c2ccccc2)cc1C. The summed E-state index contributed by atoms with van der Waals surface area (Å²) in [5, 5.41) is 2.92. The van der Waals surface area contributed by atoms with E-state index in [9.17, 15) is 4.79 Å². The summed E-state index contributed by atoms with van der Waals surface area (Å²) in [6.07, 6.45) is 1.63. The van der Waals surface area contributed by atoms with Gasteiger partial charge in [0.25, 0.3) is 5.91 Å². The van der Waals surface area contributed by atoms with Crippen molar-refractivity contribution in [3.63, 3.8) is 0 Å². The number of aromatic nitrogens is 2. The van der Waals surface area contributed by atoms with Crippen LogP contribution in [-0.2, 0) is 0 Å². The predicted octanol–water partition coefficient (Wildman–Crippen LogP) is 4.40. The van der Waals surface area contributed by atoms with Gasteiger partial charge in [-0.05, 0) is 61.5 Å². The molecule has 0 saturated heterocycles. The number of benzene rings is 2. The third-order valence-electron chi connectivity index (χ3n) is 3.79. The number of anilines is 1. The fourth-order valence-corrected chi connectivity index (χ4v) is 2.65. The summed E-state index contributed by atoms with van der Waals surface area (Å²) in [6, 6.07) is 15.4. The number of para-hydroxylation sites is 1. The van der Waals surface area contributed by atoms with Gasteiger partial charge in [0, 0.05) is 17.6 Å². The van der Waals surface area contributed by atoms with Gasteiger partial charge >= 0.3 is 0 Å². The molecule has 1 amide bonds. The van der Waals surface area contributed by atoms with Crippen LogP contribution in [-0.4, -0.2) is 15.5 Å². The van der Waals surface area contributed by atoms with Gasteiger partial charge in [-0.2, -0.15) is 0 Å². The average Bonchev–Trinajstić information content (AvgIpc) is 2.93. The van der Waals surface area contributed by atoms with E-state index >= 15 is 0 Å². The van der Waals surface area contributed by atoms with Crippen LogP contribution in [0.25, 0.3) is 5.69 Å². The Labute approximate surface area is 139 Å². The molecule has 23 heavy (non-hydrogen) atoms. The Morgan fingerprint density at radius 1 is 1.09 bits per heavy atom. The number of aromatic amines is 1. The number of amides is 1. The summed E-state index contributed by atoms with van der Waals surface area (Å²) in [6.45, 7) is 4.06. The molecule has 0 unspecified atom stereocenters. The summed E-state index contributed by atoms with van der Waals surface area (Å²) >= 11 is 5.30. The molecule has 2 aromatic carbocycles. The molecule has 0 atom stereocenters. The second kappa shape index (κ2) is 6.22. The number of nitrogens with zero attached hydrogens (tertiary/aromatic N) is 1. The normalized spacial score (nSPS) is 10.5. The van der Waals surface area contributed by atoms with Crippen LogP contribution in [0.2, 0.25) is 0 Å².